The number of hydroxylamine groups is 1. The topological polar surface area (TPSA) is 97.5 Å². The molecule has 1 heterocycles. The maximum atomic E-state index is 13.8. The average Bonchev–Trinajstić information content (AvgIpc) is 2.57. The second kappa shape index (κ2) is 7.95. The molecule has 0 bridgehead atoms. The van der Waals surface area contributed by atoms with Crippen LogP contribution in [0, 0.1) is 11.8 Å². The number of nitrogens with one attached hydrogen (secondary N) is 5. The van der Waals surface area contributed by atoms with E-state index < -0.39 is 24.7 Å². The first-order valence-corrected chi connectivity index (χ1v) is 9.19. The Morgan fingerprint density at radius 2 is 1.83 bits per heavy atom. The minimum Gasteiger partial charge on any atom is -0.335 e. The van der Waals surface area contributed by atoms with Crippen LogP contribution < -0.4 is 26.7 Å². The molecule has 3 fully saturated rings. The zero-order valence-electron chi connectivity index (χ0n) is 14.2. The summed E-state index contributed by atoms with van der Waals surface area (Å²) in [6.07, 6.45) is 5.79. The molecule has 3 aliphatic rings. The minimum atomic E-state index is -1.29. The second-order valence-corrected chi connectivity index (χ2v) is 7.54. The summed E-state index contributed by atoms with van der Waals surface area (Å²) in [7, 11) is 0. The lowest BCUT2D eigenvalue weighted by atomic mass is 9.69. The number of carbonyl (C=O) groups excluding carboxylic acids is 1. The van der Waals surface area contributed by atoms with E-state index in [1.54, 1.807) is 6.92 Å². The van der Waals surface area contributed by atoms with E-state index in [1.807, 2.05) is 5.48 Å². The largest absolute Gasteiger partial charge is 0.335 e. The molecule has 0 aromatic heterocycles. The van der Waals surface area contributed by atoms with Crippen LogP contribution in [0.15, 0.2) is 0 Å². The third kappa shape index (κ3) is 4.17. The van der Waals surface area contributed by atoms with Crippen LogP contribution in [0.2, 0.25) is 0 Å². The molecule has 8 heteroatoms. The highest BCUT2D eigenvalue weighted by Crippen LogP contribution is 2.40. The lowest BCUT2D eigenvalue weighted by Crippen LogP contribution is -2.72. The average molecular weight is 343 g/mol. The Kier molecular flexibility index (Phi) is 5.91. The number of carbonyl (C=O) groups is 1. The summed E-state index contributed by atoms with van der Waals surface area (Å²) in [6.45, 7) is 1.67. The van der Waals surface area contributed by atoms with Gasteiger partial charge in [0.05, 0.1) is 0 Å². The molecule has 138 valence electrons. The molecule has 6 N–H and O–H groups in total. The predicted octanol–water partition coefficient (Wildman–Crippen LogP) is 1.15. The molecule has 2 saturated carbocycles. The first-order chi connectivity index (χ1) is 11.6. The zero-order valence-corrected chi connectivity index (χ0v) is 14.2. The maximum absolute atomic E-state index is 13.8. The SMILES string of the molecule is CC1NC(NC(=O)NC2CCC3CCCCC3C2)NC(NO)C1F. The first kappa shape index (κ1) is 17.8. The molecule has 2 aliphatic carbocycles. The molecule has 7 unspecified atom stereocenters. The van der Waals surface area contributed by atoms with Gasteiger partial charge in [-0.3, -0.25) is 10.6 Å². The van der Waals surface area contributed by atoms with E-state index in [1.165, 1.54) is 32.1 Å². The van der Waals surface area contributed by atoms with Crippen LogP contribution in [0.3, 0.4) is 0 Å². The Morgan fingerprint density at radius 3 is 2.58 bits per heavy atom. The van der Waals surface area contributed by atoms with E-state index >= 15 is 0 Å². The van der Waals surface area contributed by atoms with Gasteiger partial charge in [-0.05, 0) is 38.0 Å². The van der Waals surface area contributed by atoms with E-state index in [-0.39, 0.29) is 12.1 Å². The molecule has 2 amide bonds. The second-order valence-electron chi connectivity index (χ2n) is 7.54. The van der Waals surface area contributed by atoms with Gasteiger partial charge in [-0.15, -0.1) is 0 Å². The number of hydrogen-bond donors (Lipinski definition) is 6. The van der Waals surface area contributed by atoms with Crippen molar-refractivity contribution >= 4 is 6.03 Å². The van der Waals surface area contributed by atoms with Crippen molar-refractivity contribution in [1.82, 2.24) is 26.7 Å². The quantitative estimate of drug-likeness (QED) is 0.432. The van der Waals surface area contributed by atoms with Crippen molar-refractivity contribution in [2.75, 3.05) is 0 Å². The van der Waals surface area contributed by atoms with Crippen LogP contribution in [0.5, 0.6) is 0 Å². The van der Waals surface area contributed by atoms with Crippen molar-refractivity contribution in [1.29, 1.82) is 0 Å². The fourth-order valence-electron chi connectivity index (χ4n) is 4.52. The van der Waals surface area contributed by atoms with E-state index in [0.29, 0.717) is 0 Å². The highest BCUT2D eigenvalue weighted by molar-refractivity contribution is 5.74. The number of rotatable bonds is 3. The smallest absolute Gasteiger partial charge is 0.317 e. The molecule has 0 spiro atoms. The summed E-state index contributed by atoms with van der Waals surface area (Å²) < 4.78 is 13.8. The predicted molar refractivity (Wildman–Crippen MR) is 87.9 cm³/mol. The summed E-state index contributed by atoms with van der Waals surface area (Å²) in [5, 5.41) is 20.5. The third-order valence-electron chi connectivity index (χ3n) is 5.86. The first-order valence-electron chi connectivity index (χ1n) is 9.19. The van der Waals surface area contributed by atoms with E-state index in [2.05, 4.69) is 21.3 Å². The summed E-state index contributed by atoms with van der Waals surface area (Å²) in [5.74, 6) is 1.60. The van der Waals surface area contributed by atoms with E-state index in [0.717, 1.165) is 24.7 Å². The monoisotopic (exact) mass is 343 g/mol. The van der Waals surface area contributed by atoms with Crippen LogP contribution in [0.1, 0.15) is 51.9 Å². The van der Waals surface area contributed by atoms with Gasteiger partial charge >= 0.3 is 6.03 Å². The Balaban J connectivity index is 1.45. The van der Waals surface area contributed by atoms with Gasteiger partial charge in [-0.25, -0.2) is 9.18 Å². The van der Waals surface area contributed by atoms with E-state index in [9.17, 15) is 9.18 Å². The van der Waals surface area contributed by atoms with Crippen LogP contribution in [-0.4, -0.2) is 41.9 Å². The van der Waals surface area contributed by atoms with Crippen molar-refractivity contribution in [3.8, 4) is 0 Å². The Hall–Kier alpha value is -0.960. The maximum Gasteiger partial charge on any atom is 0.317 e. The van der Waals surface area contributed by atoms with Crippen molar-refractivity contribution in [3.05, 3.63) is 0 Å². The summed E-state index contributed by atoms with van der Waals surface area (Å²) in [5.41, 5.74) is 1.90. The van der Waals surface area contributed by atoms with Crippen molar-refractivity contribution < 1.29 is 14.4 Å². The van der Waals surface area contributed by atoms with E-state index in [4.69, 9.17) is 5.21 Å². The molecule has 1 aliphatic heterocycles. The van der Waals surface area contributed by atoms with Gasteiger partial charge in [-0.2, -0.15) is 5.48 Å². The Morgan fingerprint density at radius 1 is 1.08 bits per heavy atom. The normalized spacial score (nSPS) is 42.9. The molecular formula is C16H30FN5O2. The zero-order chi connectivity index (χ0) is 17.1. The summed E-state index contributed by atoms with van der Waals surface area (Å²) in [6, 6.07) is -0.537. The Labute approximate surface area is 142 Å². The van der Waals surface area contributed by atoms with Gasteiger partial charge in [0.1, 0.15) is 18.6 Å². The molecule has 0 radical (unpaired) electrons. The highest BCUT2D eigenvalue weighted by Gasteiger charge is 2.36. The molecule has 7 nitrogen and oxygen atoms in total. The summed E-state index contributed by atoms with van der Waals surface area (Å²) >= 11 is 0. The molecule has 1 saturated heterocycles. The summed E-state index contributed by atoms with van der Waals surface area (Å²) in [4.78, 5) is 12.2. The lowest BCUT2D eigenvalue weighted by Gasteiger charge is -2.40. The van der Waals surface area contributed by atoms with Crippen LogP contribution in [0.25, 0.3) is 0 Å². The number of urea groups is 1. The number of fused-ring (bicyclic) bond motifs is 1. The minimum absolute atomic E-state index is 0.214. The highest BCUT2D eigenvalue weighted by atomic mass is 19.1. The Bertz CT molecular complexity index is 441. The van der Waals surface area contributed by atoms with Crippen molar-refractivity contribution in [2.45, 2.75) is 82.6 Å². The molecule has 7 atom stereocenters. The third-order valence-corrected chi connectivity index (χ3v) is 5.86. The fraction of sp³-hybridized carbons (Fsp3) is 0.938. The molecule has 0 aromatic carbocycles. The number of halogens is 1. The molecular weight excluding hydrogens is 313 g/mol. The van der Waals surface area contributed by atoms with Gasteiger partial charge in [0.15, 0.2) is 0 Å². The molecule has 24 heavy (non-hydrogen) atoms. The van der Waals surface area contributed by atoms with Gasteiger partial charge < -0.3 is 15.8 Å². The number of amides is 2. The number of hydrogen-bond acceptors (Lipinski definition) is 5. The van der Waals surface area contributed by atoms with Crippen molar-refractivity contribution in [3.63, 3.8) is 0 Å². The van der Waals surface area contributed by atoms with Crippen molar-refractivity contribution in [2.24, 2.45) is 11.8 Å². The van der Waals surface area contributed by atoms with Crippen LogP contribution in [-0.2, 0) is 0 Å². The van der Waals surface area contributed by atoms with Gasteiger partial charge in [0.25, 0.3) is 0 Å². The molecule has 3 rings (SSSR count). The molecule has 0 aromatic rings. The lowest BCUT2D eigenvalue weighted by molar-refractivity contribution is 0.0114. The van der Waals surface area contributed by atoms with Gasteiger partial charge in [0, 0.05) is 12.1 Å². The van der Waals surface area contributed by atoms with Gasteiger partial charge in [-0.1, -0.05) is 25.7 Å². The van der Waals surface area contributed by atoms with Gasteiger partial charge in [0.2, 0.25) is 0 Å². The number of alkyl halides is 1. The van der Waals surface area contributed by atoms with Crippen LogP contribution >= 0.6 is 0 Å². The van der Waals surface area contributed by atoms with Crippen LogP contribution in [0.4, 0.5) is 9.18 Å². The fourth-order valence-corrected chi connectivity index (χ4v) is 4.52. The standard InChI is InChI=1S/C16H30FN5O2/c1-9-13(17)14(22-24)20-15(18-9)21-16(23)19-12-7-6-10-4-2-3-5-11(10)8-12/h9-15,18,20,22,24H,2-8H2,1H3,(H2,19,21,23).